The molecule has 16 heavy (non-hydrogen) atoms. The van der Waals surface area contributed by atoms with Gasteiger partial charge in [-0.15, -0.1) is 0 Å². The van der Waals surface area contributed by atoms with Gasteiger partial charge in [-0.25, -0.2) is 0 Å². The van der Waals surface area contributed by atoms with Gasteiger partial charge in [-0.2, -0.15) is 0 Å². The average Bonchev–Trinajstić information content (AvgIpc) is 2.15. The zero-order chi connectivity index (χ0) is 12.3. The molecular formula is C10H19NO4Si. The maximum absolute atomic E-state index is 11.8. The number of hydrogen-bond acceptors (Lipinski definition) is 4. The second-order valence-corrected chi connectivity index (χ2v) is 9.77. The maximum Gasteiger partial charge on any atom is 0.295 e. The summed E-state index contributed by atoms with van der Waals surface area (Å²) in [4.78, 5) is 22.2. The molecule has 1 saturated carbocycles. The minimum absolute atomic E-state index is 0.231. The van der Waals surface area contributed by atoms with E-state index in [1.807, 2.05) is 19.6 Å². The van der Waals surface area contributed by atoms with Crippen molar-refractivity contribution in [3.05, 3.63) is 10.1 Å². The van der Waals surface area contributed by atoms with Crippen LogP contribution in [0.3, 0.4) is 0 Å². The molecule has 0 aromatic rings. The van der Waals surface area contributed by atoms with E-state index in [1.165, 1.54) is 0 Å². The number of nitrogens with zero attached hydrogens (tertiary/aromatic N) is 1. The average molecular weight is 245 g/mol. The molecule has 0 bridgehead atoms. The van der Waals surface area contributed by atoms with E-state index in [2.05, 4.69) is 0 Å². The molecule has 2 atom stereocenters. The van der Waals surface area contributed by atoms with E-state index in [1.54, 1.807) is 0 Å². The highest BCUT2D eigenvalue weighted by molar-refractivity contribution is 6.71. The molecule has 0 aromatic heterocycles. The molecule has 6 heteroatoms. The van der Waals surface area contributed by atoms with Crippen LogP contribution in [0.2, 0.25) is 19.6 Å². The van der Waals surface area contributed by atoms with Crippen molar-refractivity contribution in [3.8, 4) is 0 Å². The largest absolute Gasteiger partial charge is 0.520 e. The zero-order valence-corrected chi connectivity index (χ0v) is 11.1. The molecule has 0 aromatic carbocycles. The standard InChI is InChI=1S/C10H19NO4Si/c1-16(2,3)15-10(12)8-5-4-6-9(7-8)11(13)14/h8-9H,4-7H2,1-3H3. The van der Waals surface area contributed by atoms with Crippen LogP contribution < -0.4 is 0 Å². The first-order chi connectivity index (χ1) is 7.29. The van der Waals surface area contributed by atoms with E-state index in [4.69, 9.17) is 4.43 Å². The molecule has 0 spiro atoms. The first kappa shape index (κ1) is 13.2. The molecule has 0 radical (unpaired) electrons. The van der Waals surface area contributed by atoms with Crippen molar-refractivity contribution in [3.63, 3.8) is 0 Å². The summed E-state index contributed by atoms with van der Waals surface area (Å²) in [5, 5.41) is 10.7. The smallest absolute Gasteiger partial charge is 0.295 e. The second kappa shape index (κ2) is 4.95. The maximum atomic E-state index is 11.8. The van der Waals surface area contributed by atoms with Crippen LogP contribution in [0.5, 0.6) is 0 Å². The Labute approximate surface area is 96.5 Å². The molecule has 0 saturated heterocycles. The molecule has 2 unspecified atom stereocenters. The lowest BCUT2D eigenvalue weighted by Crippen LogP contribution is -2.37. The predicted octanol–water partition coefficient (Wildman–Crippen LogP) is 2.20. The van der Waals surface area contributed by atoms with E-state index in [0.717, 1.165) is 12.8 Å². The van der Waals surface area contributed by atoms with E-state index in [9.17, 15) is 14.9 Å². The summed E-state index contributed by atoms with van der Waals surface area (Å²) in [6.07, 6.45) is 2.41. The first-order valence-electron chi connectivity index (χ1n) is 5.66. The molecule has 0 heterocycles. The Hall–Kier alpha value is -0.913. The summed E-state index contributed by atoms with van der Waals surface area (Å²) >= 11 is 0. The summed E-state index contributed by atoms with van der Waals surface area (Å²) in [6, 6.07) is -0.562. The van der Waals surface area contributed by atoms with Crippen LogP contribution in [0.1, 0.15) is 25.7 Å². The SMILES string of the molecule is C[Si](C)(C)OC(=O)C1CCCC([N+](=O)[O-])C1. The summed E-state index contributed by atoms with van der Waals surface area (Å²) < 4.78 is 5.38. The van der Waals surface area contributed by atoms with Crippen LogP contribution in [0, 0.1) is 16.0 Å². The highest BCUT2D eigenvalue weighted by Crippen LogP contribution is 2.27. The number of carbonyl (C=O) groups excluding carboxylic acids is 1. The van der Waals surface area contributed by atoms with E-state index < -0.39 is 14.4 Å². The number of rotatable bonds is 3. The fraction of sp³-hybridized carbons (Fsp3) is 0.900. The van der Waals surface area contributed by atoms with Gasteiger partial charge < -0.3 is 4.43 Å². The van der Waals surface area contributed by atoms with Crippen molar-refractivity contribution in [1.29, 1.82) is 0 Å². The summed E-state index contributed by atoms with van der Waals surface area (Å²) in [5.74, 6) is -0.499. The Morgan fingerprint density at radius 2 is 2.00 bits per heavy atom. The fourth-order valence-electron chi connectivity index (χ4n) is 1.95. The minimum atomic E-state index is -1.87. The van der Waals surface area contributed by atoms with Crippen LogP contribution in [-0.2, 0) is 9.22 Å². The van der Waals surface area contributed by atoms with Crippen molar-refractivity contribution < 1.29 is 14.1 Å². The van der Waals surface area contributed by atoms with E-state index >= 15 is 0 Å². The monoisotopic (exact) mass is 245 g/mol. The quantitative estimate of drug-likeness (QED) is 0.434. The van der Waals surface area contributed by atoms with Gasteiger partial charge in [0.25, 0.3) is 5.97 Å². The van der Waals surface area contributed by atoms with Crippen molar-refractivity contribution in [2.75, 3.05) is 0 Å². The normalized spacial score (nSPS) is 26.2. The second-order valence-electron chi connectivity index (χ2n) is 5.34. The van der Waals surface area contributed by atoms with Gasteiger partial charge in [0.05, 0.1) is 5.92 Å². The molecule has 92 valence electrons. The number of nitro groups is 1. The molecule has 0 amide bonds. The Balaban J connectivity index is 2.54. The van der Waals surface area contributed by atoms with Crippen LogP contribution in [-0.4, -0.2) is 25.3 Å². The van der Waals surface area contributed by atoms with Gasteiger partial charge in [-0.05, 0) is 32.5 Å². The highest BCUT2D eigenvalue weighted by atomic mass is 28.4. The van der Waals surface area contributed by atoms with E-state index in [-0.39, 0.29) is 16.8 Å². The molecule has 0 N–H and O–H groups in total. The topological polar surface area (TPSA) is 69.4 Å². The first-order valence-corrected chi connectivity index (χ1v) is 9.07. The summed E-state index contributed by atoms with van der Waals surface area (Å²) in [5.41, 5.74) is 0. The van der Waals surface area contributed by atoms with Crippen LogP contribution >= 0.6 is 0 Å². The summed E-state index contributed by atoms with van der Waals surface area (Å²) in [7, 11) is -1.87. The van der Waals surface area contributed by atoms with Crippen molar-refractivity contribution in [2.24, 2.45) is 5.92 Å². The molecule has 1 aliphatic carbocycles. The highest BCUT2D eigenvalue weighted by Gasteiger charge is 2.35. The lowest BCUT2D eigenvalue weighted by atomic mass is 9.86. The third-order valence-corrected chi connectivity index (χ3v) is 3.50. The number of hydrogen-bond donors (Lipinski definition) is 0. The Kier molecular flexibility index (Phi) is 4.07. The van der Waals surface area contributed by atoms with Gasteiger partial charge in [-0.1, -0.05) is 0 Å². The molecule has 5 nitrogen and oxygen atoms in total. The molecule has 1 rings (SSSR count). The van der Waals surface area contributed by atoms with Gasteiger partial charge in [0.1, 0.15) is 0 Å². The van der Waals surface area contributed by atoms with Gasteiger partial charge in [0, 0.05) is 17.8 Å². The Morgan fingerprint density at radius 3 is 2.50 bits per heavy atom. The minimum Gasteiger partial charge on any atom is -0.520 e. The Bertz CT molecular complexity index is 287. The fourth-order valence-corrected chi connectivity index (χ4v) is 2.72. The molecule has 1 fully saturated rings. The van der Waals surface area contributed by atoms with Gasteiger partial charge in [0.2, 0.25) is 14.4 Å². The van der Waals surface area contributed by atoms with Crippen molar-refractivity contribution in [2.45, 2.75) is 51.4 Å². The lowest BCUT2D eigenvalue weighted by molar-refractivity contribution is -0.527. The van der Waals surface area contributed by atoms with Gasteiger partial charge in [-0.3, -0.25) is 14.9 Å². The van der Waals surface area contributed by atoms with Crippen LogP contribution in [0.15, 0.2) is 0 Å². The Morgan fingerprint density at radius 1 is 1.38 bits per heavy atom. The van der Waals surface area contributed by atoms with Gasteiger partial charge in [0.15, 0.2) is 0 Å². The van der Waals surface area contributed by atoms with E-state index in [0.29, 0.717) is 12.8 Å². The predicted molar refractivity (Wildman–Crippen MR) is 62.2 cm³/mol. The van der Waals surface area contributed by atoms with Gasteiger partial charge >= 0.3 is 0 Å². The lowest BCUT2D eigenvalue weighted by Gasteiger charge is -2.26. The molecule has 0 aliphatic heterocycles. The van der Waals surface area contributed by atoms with Crippen molar-refractivity contribution in [1.82, 2.24) is 0 Å². The van der Waals surface area contributed by atoms with Crippen LogP contribution in [0.25, 0.3) is 0 Å². The third kappa shape index (κ3) is 3.92. The number of carbonyl (C=O) groups is 1. The van der Waals surface area contributed by atoms with Crippen LogP contribution in [0.4, 0.5) is 0 Å². The molecular weight excluding hydrogens is 226 g/mol. The third-order valence-electron chi connectivity index (χ3n) is 2.68. The zero-order valence-electron chi connectivity index (χ0n) is 10.1. The van der Waals surface area contributed by atoms with Crippen molar-refractivity contribution >= 4 is 14.3 Å². The summed E-state index contributed by atoms with van der Waals surface area (Å²) in [6.45, 7) is 5.83. The molecule has 1 aliphatic rings.